The topological polar surface area (TPSA) is 0 Å². The van der Waals surface area contributed by atoms with Crippen LogP contribution in [0.4, 0.5) is 0 Å². The first-order chi connectivity index (χ1) is 12.2. The summed E-state index contributed by atoms with van der Waals surface area (Å²) >= 11 is 0. The third kappa shape index (κ3) is 3.85. The lowest BCUT2D eigenvalue weighted by atomic mass is 9.81. The molecule has 0 fully saturated rings. The monoisotopic (exact) mass is 328 g/mol. The Morgan fingerprint density at radius 2 is 1.12 bits per heavy atom. The molecule has 0 radical (unpaired) electrons. The Morgan fingerprint density at radius 1 is 0.600 bits per heavy atom. The minimum atomic E-state index is 0.401. The third-order valence-corrected chi connectivity index (χ3v) is 5.27. The number of benzene rings is 3. The molecule has 0 saturated carbocycles. The Bertz CT molecular complexity index is 801. The largest absolute Gasteiger partial charge is 0.0651 e. The van der Waals surface area contributed by atoms with E-state index < -0.39 is 0 Å². The molecule has 0 aliphatic heterocycles. The molecule has 0 aromatic heterocycles. The van der Waals surface area contributed by atoms with Crippen LogP contribution in [0, 0.1) is 0 Å². The minimum absolute atomic E-state index is 0.401. The molecular formula is C25H28. The van der Waals surface area contributed by atoms with Crippen LogP contribution in [0.2, 0.25) is 0 Å². The van der Waals surface area contributed by atoms with Crippen molar-refractivity contribution in [2.75, 3.05) is 0 Å². The van der Waals surface area contributed by atoms with Crippen molar-refractivity contribution in [3.05, 3.63) is 107 Å². The first-order valence-corrected chi connectivity index (χ1v) is 9.44. The summed E-state index contributed by atoms with van der Waals surface area (Å²) in [5, 5.41) is 0. The van der Waals surface area contributed by atoms with Crippen LogP contribution < -0.4 is 0 Å². The molecule has 2 unspecified atom stereocenters. The quantitative estimate of drug-likeness (QED) is 0.459. The van der Waals surface area contributed by atoms with E-state index in [4.69, 9.17) is 0 Å². The number of aryl methyl sites for hydroxylation is 1. The molecule has 0 bridgehead atoms. The highest BCUT2D eigenvalue weighted by atomic mass is 14.2. The van der Waals surface area contributed by atoms with E-state index in [0.29, 0.717) is 11.8 Å². The SMILES string of the molecule is CCCc1ccccc1C(C)c1ccccc1C(C)c1ccccc1. The summed E-state index contributed by atoms with van der Waals surface area (Å²) in [5.74, 6) is 0.809. The summed E-state index contributed by atoms with van der Waals surface area (Å²) in [6.45, 7) is 6.93. The van der Waals surface area contributed by atoms with Crippen LogP contribution in [0.3, 0.4) is 0 Å². The molecule has 0 N–H and O–H groups in total. The van der Waals surface area contributed by atoms with Crippen molar-refractivity contribution in [3.63, 3.8) is 0 Å². The van der Waals surface area contributed by atoms with Crippen LogP contribution in [0.1, 0.15) is 66.8 Å². The van der Waals surface area contributed by atoms with Crippen molar-refractivity contribution >= 4 is 0 Å². The first kappa shape index (κ1) is 17.5. The highest BCUT2D eigenvalue weighted by Gasteiger charge is 2.19. The van der Waals surface area contributed by atoms with Crippen LogP contribution in [-0.4, -0.2) is 0 Å². The molecule has 0 saturated heterocycles. The molecule has 0 heteroatoms. The summed E-state index contributed by atoms with van der Waals surface area (Å²) in [6.07, 6.45) is 2.34. The van der Waals surface area contributed by atoms with Gasteiger partial charge in [0.1, 0.15) is 0 Å². The molecule has 0 aliphatic rings. The van der Waals surface area contributed by atoms with Crippen molar-refractivity contribution in [2.45, 2.75) is 45.4 Å². The summed E-state index contributed by atoms with van der Waals surface area (Å²) in [5.41, 5.74) is 7.22. The molecular weight excluding hydrogens is 300 g/mol. The van der Waals surface area contributed by atoms with E-state index in [2.05, 4.69) is 99.6 Å². The number of hydrogen-bond acceptors (Lipinski definition) is 0. The minimum Gasteiger partial charge on any atom is -0.0651 e. The van der Waals surface area contributed by atoms with Crippen molar-refractivity contribution in [3.8, 4) is 0 Å². The fraction of sp³-hybridized carbons (Fsp3) is 0.280. The average molecular weight is 328 g/mol. The van der Waals surface area contributed by atoms with E-state index in [-0.39, 0.29) is 0 Å². The highest BCUT2D eigenvalue weighted by Crippen LogP contribution is 2.35. The standard InChI is InChI=1S/C25H28/c1-4-12-22-15-8-9-16-23(22)20(3)25-18-11-10-17-24(25)19(2)21-13-6-5-7-14-21/h5-11,13-20H,4,12H2,1-3H3. The van der Waals surface area contributed by atoms with Crippen molar-refractivity contribution < 1.29 is 0 Å². The number of hydrogen-bond donors (Lipinski definition) is 0. The third-order valence-electron chi connectivity index (χ3n) is 5.27. The molecule has 0 amide bonds. The van der Waals surface area contributed by atoms with Crippen molar-refractivity contribution in [2.24, 2.45) is 0 Å². The number of rotatable bonds is 6. The van der Waals surface area contributed by atoms with E-state index in [1.54, 1.807) is 0 Å². The van der Waals surface area contributed by atoms with Gasteiger partial charge in [0.25, 0.3) is 0 Å². The lowest BCUT2D eigenvalue weighted by Gasteiger charge is -2.23. The Hall–Kier alpha value is -2.34. The van der Waals surface area contributed by atoms with Gasteiger partial charge in [0.15, 0.2) is 0 Å². The molecule has 2 atom stereocenters. The van der Waals surface area contributed by atoms with Gasteiger partial charge in [-0.25, -0.2) is 0 Å². The predicted molar refractivity (Wildman–Crippen MR) is 108 cm³/mol. The smallest absolute Gasteiger partial charge is 0.00666 e. The second-order valence-corrected chi connectivity index (χ2v) is 6.93. The summed E-state index contributed by atoms with van der Waals surface area (Å²) in [4.78, 5) is 0. The molecule has 25 heavy (non-hydrogen) atoms. The van der Waals surface area contributed by atoms with Gasteiger partial charge in [0.2, 0.25) is 0 Å². The highest BCUT2D eigenvalue weighted by molar-refractivity contribution is 5.45. The van der Waals surface area contributed by atoms with Gasteiger partial charge in [-0.1, -0.05) is 106 Å². The molecule has 0 spiro atoms. The van der Waals surface area contributed by atoms with Crippen molar-refractivity contribution in [1.82, 2.24) is 0 Å². The van der Waals surface area contributed by atoms with Gasteiger partial charge in [0.05, 0.1) is 0 Å². The molecule has 0 aliphatic carbocycles. The predicted octanol–water partition coefficient (Wildman–Crippen LogP) is 6.94. The van der Waals surface area contributed by atoms with Crippen molar-refractivity contribution in [1.29, 1.82) is 0 Å². The zero-order chi connectivity index (χ0) is 17.6. The zero-order valence-corrected chi connectivity index (χ0v) is 15.6. The van der Waals surface area contributed by atoms with Crippen LogP contribution >= 0.6 is 0 Å². The van der Waals surface area contributed by atoms with Gasteiger partial charge in [-0.2, -0.15) is 0 Å². The molecule has 3 aromatic carbocycles. The lowest BCUT2D eigenvalue weighted by molar-refractivity contribution is 0.819. The van der Waals surface area contributed by atoms with E-state index in [0.717, 1.165) is 6.42 Å². The van der Waals surface area contributed by atoms with E-state index in [1.165, 1.54) is 34.2 Å². The Balaban J connectivity index is 2.01. The molecule has 3 rings (SSSR count). The Kier molecular flexibility index (Phi) is 5.71. The van der Waals surface area contributed by atoms with Crippen LogP contribution in [0.15, 0.2) is 78.9 Å². The summed E-state index contributed by atoms with van der Waals surface area (Å²) in [7, 11) is 0. The fourth-order valence-electron chi connectivity index (χ4n) is 3.84. The van der Waals surface area contributed by atoms with Crippen LogP contribution in [0.25, 0.3) is 0 Å². The molecule has 128 valence electrons. The second-order valence-electron chi connectivity index (χ2n) is 6.93. The van der Waals surface area contributed by atoms with E-state index >= 15 is 0 Å². The lowest BCUT2D eigenvalue weighted by Crippen LogP contribution is -2.07. The van der Waals surface area contributed by atoms with Gasteiger partial charge in [0, 0.05) is 11.8 Å². The van der Waals surface area contributed by atoms with Gasteiger partial charge >= 0.3 is 0 Å². The normalized spacial score (nSPS) is 13.4. The Labute approximate surface area is 152 Å². The molecule has 0 nitrogen and oxygen atoms in total. The first-order valence-electron chi connectivity index (χ1n) is 9.44. The van der Waals surface area contributed by atoms with Crippen LogP contribution in [0.5, 0.6) is 0 Å². The van der Waals surface area contributed by atoms with Gasteiger partial charge in [-0.05, 0) is 34.2 Å². The van der Waals surface area contributed by atoms with Gasteiger partial charge in [-0.15, -0.1) is 0 Å². The second kappa shape index (κ2) is 8.16. The summed E-state index contributed by atoms with van der Waals surface area (Å²) < 4.78 is 0. The van der Waals surface area contributed by atoms with Gasteiger partial charge in [-0.3, -0.25) is 0 Å². The molecule has 0 heterocycles. The average Bonchev–Trinajstić information content (AvgIpc) is 2.68. The Morgan fingerprint density at radius 3 is 1.76 bits per heavy atom. The fourth-order valence-corrected chi connectivity index (χ4v) is 3.84. The maximum Gasteiger partial charge on any atom is 0.00666 e. The van der Waals surface area contributed by atoms with E-state index in [1.807, 2.05) is 0 Å². The maximum absolute atomic E-state index is 2.35. The maximum atomic E-state index is 2.35. The van der Waals surface area contributed by atoms with Gasteiger partial charge < -0.3 is 0 Å². The van der Waals surface area contributed by atoms with E-state index in [9.17, 15) is 0 Å². The summed E-state index contributed by atoms with van der Waals surface area (Å²) in [6, 6.07) is 28.7. The van der Waals surface area contributed by atoms with Crippen LogP contribution in [-0.2, 0) is 6.42 Å². The zero-order valence-electron chi connectivity index (χ0n) is 15.6. The molecule has 3 aromatic rings.